The monoisotopic (exact) mass is 329 g/mol. The topological polar surface area (TPSA) is 56.8 Å². The number of rotatable bonds is 6. The van der Waals surface area contributed by atoms with Gasteiger partial charge in [-0.05, 0) is 56.2 Å². The SMILES string of the molecule is COc1ccc(OC)c(NC(=O)[C@H](C)Oc2cc(C)cc(C)c2)c1. The summed E-state index contributed by atoms with van der Waals surface area (Å²) in [5, 5.41) is 2.82. The van der Waals surface area contributed by atoms with Gasteiger partial charge in [0.15, 0.2) is 6.10 Å². The van der Waals surface area contributed by atoms with Gasteiger partial charge < -0.3 is 19.5 Å². The molecule has 0 aromatic heterocycles. The molecule has 2 rings (SSSR count). The second-order valence-corrected chi connectivity index (χ2v) is 5.64. The number of anilines is 1. The molecule has 1 N–H and O–H groups in total. The molecule has 5 nitrogen and oxygen atoms in total. The second kappa shape index (κ2) is 7.73. The zero-order chi connectivity index (χ0) is 17.7. The molecule has 0 fully saturated rings. The van der Waals surface area contributed by atoms with Crippen LogP contribution in [0.25, 0.3) is 0 Å². The van der Waals surface area contributed by atoms with Gasteiger partial charge in [0.05, 0.1) is 19.9 Å². The van der Waals surface area contributed by atoms with E-state index in [-0.39, 0.29) is 5.91 Å². The number of hydrogen-bond donors (Lipinski definition) is 1. The molecular weight excluding hydrogens is 306 g/mol. The summed E-state index contributed by atoms with van der Waals surface area (Å²) in [5.41, 5.74) is 2.72. The highest BCUT2D eigenvalue weighted by atomic mass is 16.5. The lowest BCUT2D eigenvalue weighted by Crippen LogP contribution is -2.30. The molecule has 0 bridgehead atoms. The zero-order valence-electron chi connectivity index (χ0n) is 14.7. The van der Waals surface area contributed by atoms with E-state index in [1.54, 1.807) is 39.3 Å². The zero-order valence-corrected chi connectivity index (χ0v) is 14.7. The van der Waals surface area contributed by atoms with Crippen LogP contribution in [0.5, 0.6) is 17.2 Å². The molecule has 24 heavy (non-hydrogen) atoms. The molecule has 0 aliphatic rings. The lowest BCUT2D eigenvalue weighted by Gasteiger charge is -2.17. The first-order chi connectivity index (χ1) is 11.4. The minimum atomic E-state index is -0.651. The number of benzene rings is 2. The van der Waals surface area contributed by atoms with Crippen LogP contribution in [0.3, 0.4) is 0 Å². The van der Waals surface area contributed by atoms with Crippen molar-refractivity contribution >= 4 is 11.6 Å². The Morgan fingerprint density at radius 1 is 0.958 bits per heavy atom. The molecule has 2 aromatic rings. The van der Waals surface area contributed by atoms with Crippen LogP contribution in [0.4, 0.5) is 5.69 Å². The summed E-state index contributed by atoms with van der Waals surface area (Å²) in [6.07, 6.45) is -0.651. The number of amides is 1. The standard InChI is InChI=1S/C19H23NO4/c1-12-8-13(2)10-16(9-12)24-14(3)19(21)20-17-11-15(22-4)6-7-18(17)23-5/h6-11,14H,1-5H3,(H,20,21)/t14-/m0/s1. The first kappa shape index (κ1) is 17.7. The van der Waals surface area contributed by atoms with Gasteiger partial charge in [-0.2, -0.15) is 0 Å². The molecule has 128 valence electrons. The highest BCUT2D eigenvalue weighted by Crippen LogP contribution is 2.29. The van der Waals surface area contributed by atoms with Crippen LogP contribution < -0.4 is 19.5 Å². The minimum Gasteiger partial charge on any atom is -0.497 e. The Hall–Kier alpha value is -2.69. The van der Waals surface area contributed by atoms with Crippen molar-refractivity contribution in [3.05, 3.63) is 47.5 Å². The first-order valence-electron chi connectivity index (χ1n) is 7.70. The van der Waals surface area contributed by atoms with E-state index >= 15 is 0 Å². The Balaban J connectivity index is 2.11. The van der Waals surface area contributed by atoms with E-state index in [1.165, 1.54) is 0 Å². The summed E-state index contributed by atoms with van der Waals surface area (Å²) in [6, 6.07) is 11.1. The number of aryl methyl sites for hydroxylation is 2. The third kappa shape index (κ3) is 4.41. The Kier molecular flexibility index (Phi) is 5.68. The van der Waals surface area contributed by atoms with Crippen molar-refractivity contribution < 1.29 is 19.0 Å². The third-order valence-corrected chi connectivity index (χ3v) is 3.54. The highest BCUT2D eigenvalue weighted by molar-refractivity contribution is 5.95. The van der Waals surface area contributed by atoms with Gasteiger partial charge >= 0.3 is 0 Å². The Bertz CT molecular complexity index is 707. The Labute approximate surface area is 142 Å². The molecule has 5 heteroatoms. The number of hydrogen-bond acceptors (Lipinski definition) is 4. The molecule has 0 unspecified atom stereocenters. The van der Waals surface area contributed by atoms with E-state index in [0.717, 1.165) is 11.1 Å². The first-order valence-corrected chi connectivity index (χ1v) is 7.70. The van der Waals surface area contributed by atoms with Crippen molar-refractivity contribution in [2.24, 2.45) is 0 Å². The summed E-state index contributed by atoms with van der Waals surface area (Å²) in [7, 11) is 3.12. The predicted molar refractivity (Wildman–Crippen MR) is 94.2 cm³/mol. The van der Waals surface area contributed by atoms with Crippen LogP contribution in [0.1, 0.15) is 18.1 Å². The van der Waals surface area contributed by atoms with E-state index in [0.29, 0.717) is 22.9 Å². The number of nitrogens with one attached hydrogen (secondary N) is 1. The molecule has 0 heterocycles. The minimum absolute atomic E-state index is 0.263. The van der Waals surface area contributed by atoms with E-state index < -0.39 is 6.10 Å². The Morgan fingerprint density at radius 2 is 1.62 bits per heavy atom. The van der Waals surface area contributed by atoms with Crippen LogP contribution in [-0.2, 0) is 4.79 Å². The van der Waals surface area contributed by atoms with Gasteiger partial charge in [0, 0.05) is 6.07 Å². The largest absolute Gasteiger partial charge is 0.497 e. The average Bonchev–Trinajstić information content (AvgIpc) is 2.53. The smallest absolute Gasteiger partial charge is 0.265 e. The van der Waals surface area contributed by atoms with Gasteiger partial charge in [0.25, 0.3) is 5.91 Å². The highest BCUT2D eigenvalue weighted by Gasteiger charge is 2.17. The summed E-state index contributed by atoms with van der Waals surface area (Å²) < 4.78 is 16.2. The molecule has 1 atom stereocenters. The lowest BCUT2D eigenvalue weighted by molar-refractivity contribution is -0.122. The van der Waals surface area contributed by atoms with Gasteiger partial charge in [-0.25, -0.2) is 0 Å². The number of carbonyl (C=O) groups excluding carboxylic acids is 1. The summed E-state index contributed by atoms with van der Waals surface area (Å²) >= 11 is 0. The summed E-state index contributed by atoms with van der Waals surface area (Å²) in [6.45, 7) is 5.69. The van der Waals surface area contributed by atoms with Gasteiger partial charge in [-0.3, -0.25) is 4.79 Å². The van der Waals surface area contributed by atoms with Crippen LogP contribution in [-0.4, -0.2) is 26.2 Å². The molecular formula is C19H23NO4. The fourth-order valence-corrected chi connectivity index (χ4v) is 2.40. The van der Waals surface area contributed by atoms with E-state index in [1.807, 2.05) is 26.0 Å². The number of ether oxygens (including phenoxy) is 3. The van der Waals surface area contributed by atoms with Crippen molar-refractivity contribution in [3.63, 3.8) is 0 Å². The molecule has 0 aliphatic carbocycles. The molecule has 1 amide bonds. The lowest BCUT2D eigenvalue weighted by atomic mass is 10.1. The molecule has 2 aromatic carbocycles. The summed E-state index contributed by atoms with van der Waals surface area (Å²) in [5.74, 6) is 1.60. The molecule has 0 saturated heterocycles. The number of methoxy groups -OCH3 is 2. The maximum atomic E-state index is 12.4. The molecule has 0 radical (unpaired) electrons. The maximum absolute atomic E-state index is 12.4. The van der Waals surface area contributed by atoms with E-state index in [2.05, 4.69) is 11.4 Å². The predicted octanol–water partition coefficient (Wildman–Crippen LogP) is 3.73. The van der Waals surface area contributed by atoms with Gasteiger partial charge in [0.1, 0.15) is 17.2 Å². The fourth-order valence-electron chi connectivity index (χ4n) is 2.40. The molecule has 0 aliphatic heterocycles. The average molecular weight is 329 g/mol. The van der Waals surface area contributed by atoms with Crippen molar-refractivity contribution in [3.8, 4) is 17.2 Å². The number of carbonyl (C=O) groups is 1. The van der Waals surface area contributed by atoms with Crippen LogP contribution in [0.2, 0.25) is 0 Å². The molecule has 0 saturated carbocycles. The fraction of sp³-hybridized carbons (Fsp3) is 0.316. The van der Waals surface area contributed by atoms with Crippen molar-refractivity contribution in [1.29, 1.82) is 0 Å². The summed E-state index contributed by atoms with van der Waals surface area (Å²) in [4.78, 5) is 12.4. The second-order valence-electron chi connectivity index (χ2n) is 5.64. The van der Waals surface area contributed by atoms with Crippen molar-refractivity contribution in [2.75, 3.05) is 19.5 Å². The van der Waals surface area contributed by atoms with Crippen LogP contribution in [0, 0.1) is 13.8 Å². The Morgan fingerprint density at radius 3 is 2.21 bits per heavy atom. The third-order valence-electron chi connectivity index (χ3n) is 3.54. The van der Waals surface area contributed by atoms with Gasteiger partial charge in [-0.15, -0.1) is 0 Å². The van der Waals surface area contributed by atoms with Crippen molar-refractivity contribution in [1.82, 2.24) is 0 Å². The molecule has 0 spiro atoms. The quantitative estimate of drug-likeness (QED) is 0.877. The van der Waals surface area contributed by atoms with Gasteiger partial charge in [0.2, 0.25) is 0 Å². The normalized spacial score (nSPS) is 11.5. The van der Waals surface area contributed by atoms with Crippen LogP contribution >= 0.6 is 0 Å². The van der Waals surface area contributed by atoms with Crippen LogP contribution in [0.15, 0.2) is 36.4 Å². The van der Waals surface area contributed by atoms with E-state index in [4.69, 9.17) is 14.2 Å². The van der Waals surface area contributed by atoms with Gasteiger partial charge in [-0.1, -0.05) is 6.07 Å². The maximum Gasteiger partial charge on any atom is 0.265 e. The van der Waals surface area contributed by atoms with Crippen molar-refractivity contribution in [2.45, 2.75) is 26.9 Å². The van der Waals surface area contributed by atoms with E-state index in [9.17, 15) is 4.79 Å².